The average Bonchev–Trinajstić information content (AvgIpc) is 3.09. The molecule has 4 saturated carbocycles. The van der Waals surface area contributed by atoms with Crippen LogP contribution in [0.2, 0.25) is 0 Å². The normalized spacial score (nSPS) is 42.1. The van der Waals surface area contributed by atoms with Crippen LogP contribution in [-0.2, 0) is 0 Å². The fraction of sp³-hybridized carbons (Fsp3) is 0.731. The van der Waals surface area contributed by atoms with Crippen molar-refractivity contribution < 1.29 is 10.0 Å². The Kier molecular flexibility index (Phi) is 5.14. The predicted molar refractivity (Wildman–Crippen MR) is 122 cm³/mol. The molecule has 0 saturated heterocycles. The zero-order valence-electron chi connectivity index (χ0n) is 18.9. The maximum Gasteiger partial charge on any atom is 0.270 e. The summed E-state index contributed by atoms with van der Waals surface area (Å²) in [6.07, 6.45) is 15.1. The first-order chi connectivity index (χ1) is 14.8. The molecule has 0 bridgehead atoms. The highest BCUT2D eigenvalue weighted by Crippen LogP contribution is 2.66. The Labute approximate surface area is 185 Å². The second kappa shape index (κ2) is 7.60. The molecule has 1 aromatic rings. The summed E-state index contributed by atoms with van der Waals surface area (Å²) in [5.41, 5.74) is 1.21. The molecule has 4 fully saturated rings. The van der Waals surface area contributed by atoms with E-state index < -0.39 is 4.92 Å². The van der Waals surface area contributed by atoms with Crippen molar-refractivity contribution in [3.8, 4) is 5.75 Å². The lowest BCUT2D eigenvalue weighted by molar-refractivity contribution is -0.384. The van der Waals surface area contributed by atoms with Gasteiger partial charge in [-0.2, -0.15) is 0 Å². The third kappa shape index (κ3) is 3.30. The summed E-state index contributed by atoms with van der Waals surface area (Å²) in [4.78, 5) is 15.6. The van der Waals surface area contributed by atoms with E-state index in [0.717, 1.165) is 30.1 Å². The number of hydrogen-bond donors (Lipinski definition) is 1. The van der Waals surface area contributed by atoms with E-state index in [2.05, 4.69) is 13.8 Å². The number of benzene rings is 1. The molecule has 0 spiro atoms. The molecule has 0 aromatic heterocycles. The van der Waals surface area contributed by atoms with Gasteiger partial charge in [-0.3, -0.25) is 15.1 Å². The molecular formula is C26H36N2O3. The quantitative estimate of drug-likeness (QED) is 0.341. The summed E-state index contributed by atoms with van der Waals surface area (Å²) < 4.78 is 0. The Balaban J connectivity index is 1.37. The second-order valence-electron chi connectivity index (χ2n) is 11.3. The molecular weight excluding hydrogens is 388 g/mol. The summed E-state index contributed by atoms with van der Waals surface area (Å²) in [5.74, 6) is 3.46. The van der Waals surface area contributed by atoms with Crippen molar-refractivity contribution in [3.63, 3.8) is 0 Å². The molecule has 0 amide bonds. The minimum Gasteiger partial charge on any atom is -0.507 e. The number of phenolic OH excluding ortho intramolecular Hbond substituents is 1. The molecule has 31 heavy (non-hydrogen) atoms. The van der Waals surface area contributed by atoms with Gasteiger partial charge >= 0.3 is 0 Å². The van der Waals surface area contributed by atoms with Crippen LogP contribution in [0.4, 0.5) is 5.69 Å². The van der Waals surface area contributed by atoms with Gasteiger partial charge in [0.05, 0.1) is 11.0 Å². The van der Waals surface area contributed by atoms with Gasteiger partial charge in [0, 0.05) is 23.9 Å². The minimum absolute atomic E-state index is 0.00671. The third-order valence-corrected chi connectivity index (χ3v) is 10.1. The third-order valence-electron chi connectivity index (χ3n) is 10.1. The van der Waals surface area contributed by atoms with E-state index in [1.165, 1.54) is 76.0 Å². The molecule has 168 valence electrons. The molecule has 0 aliphatic heterocycles. The van der Waals surface area contributed by atoms with Crippen LogP contribution in [0, 0.1) is 44.6 Å². The van der Waals surface area contributed by atoms with E-state index in [1.807, 2.05) is 0 Å². The monoisotopic (exact) mass is 424 g/mol. The van der Waals surface area contributed by atoms with Gasteiger partial charge in [0.2, 0.25) is 0 Å². The number of hydrogen-bond acceptors (Lipinski definition) is 4. The highest BCUT2D eigenvalue weighted by atomic mass is 16.6. The van der Waals surface area contributed by atoms with Crippen LogP contribution < -0.4 is 0 Å². The largest absolute Gasteiger partial charge is 0.507 e. The van der Waals surface area contributed by atoms with Crippen molar-refractivity contribution in [2.75, 3.05) is 0 Å². The second-order valence-corrected chi connectivity index (χ2v) is 11.3. The van der Waals surface area contributed by atoms with Crippen LogP contribution in [0.1, 0.15) is 83.6 Å². The first-order valence-electron chi connectivity index (χ1n) is 12.3. The summed E-state index contributed by atoms with van der Waals surface area (Å²) in [5, 5.41) is 21.3. The Bertz CT molecular complexity index is 899. The maximum absolute atomic E-state index is 11.1. The first kappa shape index (κ1) is 21.0. The Hall–Kier alpha value is -1.91. The number of aliphatic imine (C=N–C) groups is 1. The van der Waals surface area contributed by atoms with Crippen LogP contribution in [0.15, 0.2) is 23.2 Å². The molecule has 5 nitrogen and oxygen atoms in total. The van der Waals surface area contributed by atoms with Gasteiger partial charge in [-0.05, 0) is 91.9 Å². The van der Waals surface area contributed by atoms with E-state index in [4.69, 9.17) is 4.99 Å². The van der Waals surface area contributed by atoms with Gasteiger partial charge in [-0.25, -0.2) is 0 Å². The molecule has 1 N–H and O–H groups in total. The number of phenols is 1. The van der Waals surface area contributed by atoms with Gasteiger partial charge in [0.25, 0.3) is 5.69 Å². The number of nitrogens with zero attached hydrogens (tertiary/aromatic N) is 2. The molecule has 1 aromatic carbocycles. The van der Waals surface area contributed by atoms with E-state index >= 15 is 0 Å². The van der Waals surface area contributed by atoms with Crippen LogP contribution in [0.5, 0.6) is 5.75 Å². The molecule has 0 heterocycles. The van der Waals surface area contributed by atoms with Gasteiger partial charge in [0.1, 0.15) is 5.75 Å². The van der Waals surface area contributed by atoms with Crippen molar-refractivity contribution in [1.29, 1.82) is 0 Å². The zero-order valence-corrected chi connectivity index (χ0v) is 18.9. The lowest BCUT2D eigenvalue weighted by atomic mass is 9.45. The summed E-state index contributed by atoms with van der Waals surface area (Å²) in [7, 11) is 0. The van der Waals surface area contributed by atoms with Gasteiger partial charge in [-0.1, -0.05) is 26.7 Å². The standard InChI is InChI=1S/C26H36N2O3/c1-25-13-4-3-5-18(25)6-8-20-21-9-11-24(26(21,2)14-12-22(20)25)27-16-17-15-19(28(30)31)7-10-23(17)29/h7,10,15-16,18,20-22,24,29H,3-6,8-9,11-14H2,1-2H3/t18-,20+,21+,22+,24+,25+,26+/m1/s1. The Morgan fingerprint density at radius 1 is 1.03 bits per heavy atom. The van der Waals surface area contributed by atoms with Crippen LogP contribution in [0.25, 0.3) is 0 Å². The molecule has 5 rings (SSSR count). The topological polar surface area (TPSA) is 75.7 Å². The van der Waals surface area contributed by atoms with Gasteiger partial charge in [-0.15, -0.1) is 0 Å². The minimum atomic E-state index is -0.423. The molecule has 4 aliphatic rings. The molecule has 4 aliphatic carbocycles. The molecule has 0 unspecified atom stereocenters. The van der Waals surface area contributed by atoms with Gasteiger partial charge < -0.3 is 5.11 Å². The fourth-order valence-corrected chi connectivity index (χ4v) is 8.44. The smallest absolute Gasteiger partial charge is 0.270 e. The highest BCUT2D eigenvalue weighted by molar-refractivity contribution is 5.84. The van der Waals surface area contributed by atoms with E-state index in [-0.39, 0.29) is 22.9 Å². The average molecular weight is 425 g/mol. The lowest BCUT2D eigenvalue weighted by Crippen LogP contribution is -2.53. The number of rotatable bonds is 3. The Morgan fingerprint density at radius 2 is 1.84 bits per heavy atom. The summed E-state index contributed by atoms with van der Waals surface area (Å²) in [6, 6.07) is 4.40. The summed E-state index contributed by atoms with van der Waals surface area (Å²) >= 11 is 0. The van der Waals surface area contributed by atoms with Crippen LogP contribution >= 0.6 is 0 Å². The first-order valence-corrected chi connectivity index (χ1v) is 12.3. The fourth-order valence-electron chi connectivity index (χ4n) is 8.44. The molecule has 0 radical (unpaired) electrons. The number of nitro benzene ring substituents is 1. The van der Waals surface area contributed by atoms with E-state index in [1.54, 1.807) is 6.21 Å². The van der Waals surface area contributed by atoms with E-state index in [0.29, 0.717) is 11.0 Å². The van der Waals surface area contributed by atoms with Crippen LogP contribution in [0.3, 0.4) is 0 Å². The van der Waals surface area contributed by atoms with Crippen molar-refractivity contribution in [1.82, 2.24) is 0 Å². The SMILES string of the molecule is C[C@]12CCCC[C@@H]1CC[C@@H]1[C@@H]2CC[C@]2(C)[C@@H](N=Cc3cc([N+](=O)[O-])ccc3O)CC[C@@H]12. The molecule has 7 atom stereocenters. The Morgan fingerprint density at radius 3 is 2.65 bits per heavy atom. The number of non-ortho nitro benzene ring substituents is 1. The maximum atomic E-state index is 11.1. The zero-order chi connectivity index (χ0) is 21.8. The highest BCUT2D eigenvalue weighted by Gasteiger charge is 2.59. The number of nitro groups is 1. The van der Waals surface area contributed by atoms with Crippen molar-refractivity contribution in [2.45, 2.75) is 84.1 Å². The van der Waals surface area contributed by atoms with Crippen molar-refractivity contribution in [2.24, 2.45) is 39.5 Å². The van der Waals surface area contributed by atoms with Gasteiger partial charge in [0.15, 0.2) is 0 Å². The lowest BCUT2D eigenvalue weighted by Gasteiger charge is -2.60. The number of aromatic hydroxyl groups is 1. The van der Waals surface area contributed by atoms with E-state index in [9.17, 15) is 15.2 Å². The van der Waals surface area contributed by atoms with Crippen LogP contribution in [-0.4, -0.2) is 22.3 Å². The summed E-state index contributed by atoms with van der Waals surface area (Å²) in [6.45, 7) is 5.07. The predicted octanol–water partition coefficient (Wildman–Crippen LogP) is 6.52. The number of fused-ring (bicyclic) bond motifs is 5. The van der Waals surface area contributed by atoms with Crippen molar-refractivity contribution >= 4 is 11.9 Å². The van der Waals surface area contributed by atoms with Crippen molar-refractivity contribution in [3.05, 3.63) is 33.9 Å². The molecule has 5 heteroatoms.